The molecule has 0 heterocycles. The van der Waals surface area contributed by atoms with Crippen molar-refractivity contribution >= 4 is 0 Å². The molecule has 0 spiro atoms. The Morgan fingerprint density at radius 3 is 2.68 bits per heavy atom. The Morgan fingerprint density at radius 2 is 2.16 bits per heavy atom. The molecule has 0 saturated heterocycles. The molecule has 19 heavy (non-hydrogen) atoms. The summed E-state index contributed by atoms with van der Waals surface area (Å²) in [5, 5.41) is 13.5. The van der Waals surface area contributed by atoms with Gasteiger partial charge < -0.3 is 15.2 Å². The van der Waals surface area contributed by atoms with Gasteiger partial charge in [-0.1, -0.05) is 6.92 Å². The number of nitrogens with zero attached hydrogens (tertiary/aromatic N) is 1. The second-order valence-corrected chi connectivity index (χ2v) is 6.39. The third-order valence-electron chi connectivity index (χ3n) is 4.78. The van der Waals surface area contributed by atoms with Crippen molar-refractivity contribution in [3.05, 3.63) is 0 Å². The van der Waals surface area contributed by atoms with Crippen molar-refractivity contribution in [1.29, 1.82) is 0 Å². The molecular formula is C15H30N2O2. The molecular weight excluding hydrogens is 240 g/mol. The molecule has 0 aromatic carbocycles. The minimum absolute atomic E-state index is 0.0218. The smallest absolute Gasteiger partial charge is 0.0615 e. The van der Waals surface area contributed by atoms with Crippen molar-refractivity contribution in [3.8, 4) is 0 Å². The van der Waals surface area contributed by atoms with Crippen LogP contribution in [0.1, 0.15) is 46.0 Å². The molecule has 2 N–H and O–H groups in total. The molecule has 0 bridgehead atoms. The third kappa shape index (κ3) is 3.69. The van der Waals surface area contributed by atoms with E-state index in [-0.39, 0.29) is 12.1 Å². The van der Waals surface area contributed by atoms with E-state index in [1.807, 2.05) is 0 Å². The number of aliphatic hydroxyl groups excluding tert-OH is 1. The van der Waals surface area contributed by atoms with Gasteiger partial charge in [0.25, 0.3) is 0 Å². The molecule has 2 fully saturated rings. The van der Waals surface area contributed by atoms with Crippen molar-refractivity contribution in [2.24, 2.45) is 0 Å². The maximum atomic E-state index is 9.80. The van der Waals surface area contributed by atoms with E-state index >= 15 is 0 Å². The molecule has 2 aliphatic carbocycles. The minimum Gasteiger partial charge on any atom is -0.394 e. The van der Waals surface area contributed by atoms with E-state index in [0.29, 0.717) is 18.1 Å². The summed E-state index contributed by atoms with van der Waals surface area (Å²) in [5.41, 5.74) is -0.0218. The third-order valence-corrected chi connectivity index (χ3v) is 4.78. The first-order valence-corrected chi connectivity index (χ1v) is 7.77. The molecule has 0 aromatic heterocycles. The van der Waals surface area contributed by atoms with Gasteiger partial charge in [0.05, 0.1) is 13.2 Å². The number of methoxy groups -OCH3 is 1. The van der Waals surface area contributed by atoms with E-state index in [1.54, 1.807) is 7.11 Å². The number of nitrogens with one attached hydrogen (secondary N) is 1. The van der Waals surface area contributed by atoms with E-state index in [4.69, 9.17) is 4.74 Å². The van der Waals surface area contributed by atoms with Gasteiger partial charge in [0.2, 0.25) is 0 Å². The fraction of sp³-hybridized carbons (Fsp3) is 1.00. The monoisotopic (exact) mass is 270 g/mol. The quantitative estimate of drug-likeness (QED) is 0.699. The molecule has 0 aliphatic heterocycles. The molecule has 3 unspecified atom stereocenters. The lowest BCUT2D eigenvalue weighted by molar-refractivity contribution is 0.0682. The van der Waals surface area contributed by atoms with Crippen molar-refractivity contribution in [1.82, 2.24) is 10.2 Å². The molecule has 2 aliphatic rings. The summed E-state index contributed by atoms with van der Waals surface area (Å²) in [5.74, 6) is 0. The van der Waals surface area contributed by atoms with Crippen LogP contribution in [0.4, 0.5) is 0 Å². The highest BCUT2D eigenvalue weighted by Crippen LogP contribution is 2.36. The molecule has 4 heteroatoms. The number of hydrogen-bond donors (Lipinski definition) is 2. The summed E-state index contributed by atoms with van der Waals surface area (Å²) >= 11 is 0. The van der Waals surface area contributed by atoms with Gasteiger partial charge in [-0.05, 0) is 45.6 Å². The van der Waals surface area contributed by atoms with E-state index in [9.17, 15) is 5.11 Å². The fourth-order valence-electron chi connectivity index (χ4n) is 3.63. The normalized spacial score (nSPS) is 33.0. The SMILES string of the molecule is CCN(C(C)COC)C1CCC(CO)(NC2CC2)C1. The lowest BCUT2D eigenvalue weighted by atomic mass is 9.98. The van der Waals surface area contributed by atoms with Crippen molar-refractivity contribution in [2.75, 3.05) is 26.9 Å². The Bertz CT molecular complexity index is 283. The van der Waals surface area contributed by atoms with Crippen LogP contribution in [0.2, 0.25) is 0 Å². The largest absolute Gasteiger partial charge is 0.394 e. The highest BCUT2D eigenvalue weighted by atomic mass is 16.5. The standard InChI is InChI=1S/C15H30N2O2/c1-4-17(12(2)10-19-3)14-7-8-15(9-14,11-18)16-13-5-6-13/h12-14,16,18H,4-11H2,1-3H3. The predicted octanol–water partition coefficient (Wildman–Crippen LogP) is 1.38. The maximum absolute atomic E-state index is 9.80. The first kappa shape index (κ1) is 15.2. The lowest BCUT2D eigenvalue weighted by Crippen LogP contribution is -2.50. The second kappa shape index (κ2) is 6.53. The molecule has 3 atom stereocenters. The number of aliphatic hydroxyl groups is 1. The van der Waals surface area contributed by atoms with Crippen LogP contribution in [0, 0.1) is 0 Å². The molecule has 0 aromatic rings. The van der Waals surface area contributed by atoms with Crippen LogP contribution in [0.5, 0.6) is 0 Å². The highest BCUT2D eigenvalue weighted by molar-refractivity contribution is 5.03. The molecule has 4 nitrogen and oxygen atoms in total. The second-order valence-electron chi connectivity index (χ2n) is 6.39. The average Bonchev–Trinajstić information content (AvgIpc) is 3.10. The number of rotatable bonds is 8. The maximum Gasteiger partial charge on any atom is 0.0615 e. The summed E-state index contributed by atoms with van der Waals surface area (Å²) in [6, 6.07) is 1.70. The van der Waals surface area contributed by atoms with E-state index in [0.717, 1.165) is 26.0 Å². The number of hydrogen-bond acceptors (Lipinski definition) is 4. The van der Waals surface area contributed by atoms with Crippen molar-refractivity contribution in [3.63, 3.8) is 0 Å². The summed E-state index contributed by atoms with van der Waals surface area (Å²) in [7, 11) is 1.77. The van der Waals surface area contributed by atoms with Crippen LogP contribution < -0.4 is 5.32 Å². The van der Waals surface area contributed by atoms with Gasteiger partial charge in [0.1, 0.15) is 0 Å². The predicted molar refractivity (Wildman–Crippen MR) is 77.3 cm³/mol. The van der Waals surface area contributed by atoms with Crippen LogP contribution in [0.3, 0.4) is 0 Å². The Balaban J connectivity index is 1.93. The van der Waals surface area contributed by atoms with Crippen LogP contribution in [-0.4, -0.2) is 60.5 Å². The first-order chi connectivity index (χ1) is 9.14. The zero-order chi connectivity index (χ0) is 13.9. The molecule has 0 amide bonds. The number of ether oxygens (including phenoxy) is 1. The number of likely N-dealkylation sites (N-methyl/N-ethyl adjacent to an activating group) is 1. The van der Waals surface area contributed by atoms with Gasteiger partial charge in [-0.3, -0.25) is 4.90 Å². The van der Waals surface area contributed by atoms with Gasteiger partial charge >= 0.3 is 0 Å². The average molecular weight is 270 g/mol. The van der Waals surface area contributed by atoms with Crippen LogP contribution in [0.15, 0.2) is 0 Å². The molecule has 0 radical (unpaired) electrons. The van der Waals surface area contributed by atoms with Gasteiger partial charge in [-0.25, -0.2) is 0 Å². The van der Waals surface area contributed by atoms with Gasteiger partial charge in [-0.15, -0.1) is 0 Å². The Hall–Kier alpha value is -0.160. The summed E-state index contributed by atoms with van der Waals surface area (Å²) in [6.07, 6.45) is 5.92. The minimum atomic E-state index is -0.0218. The molecule has 112 valence electrons. The fourth-order valence-corrected chi connectivity index (χ4v) is 3.63. The van der Waals surface area contributed by atoms with E-state index in [2.05, 4.69) is 24.1 Å². The van der Waals surface area contributed by atoms with E-state index in [1.165, 1.54) is 19.3 Å². The Labute approximate surface area is 117 Å². The Morgan fingerprint density at radius 1 is 1.42 bits per heavy atom. The highest BCUT2D eigenvalue weighted by Gasteiger charge is 2.43. The van der Waals surface area contributed by atoms with Crippen LogP contribution >= 0.6 is 0 Å². The van der Waals surface area contributed by atoms with Gasteiger partial charge in [0, 0.05) is 30.8 Å². The van der Waals surface area contributed by atoms with Crippen molar-refractivity contribution < 1.29 is 9.84 Å². The zero-order valence-electron chi connectivity index (χ0n) is 12.7. The molecule has 2 saturated carbocycles. The molecule has 2 rings (SSSR count). The van der Waals surface area contributed by atoms with Gasteiger partial charge in [-0.2, -0.15) is 0 Å². The summed E-state index contributed by atoms with van der Waals surface area (Å²) in [4.78, 5) is 2.54. The first-order valence-electron chi connectivity index (χ1n) is 7.77. The van der Waals surface area contributed by atoms with E-state index < -0.39 is 0 Å². The van der Waals surface area contributed by atoms with Crippen LogP contribution in [0.25, 0.3) is 0 Å². The van der Waals surface area contributed by atoms with Crippen molar-refractivity contribution in [2.45, 2.75) is 69.6 Å². The lowest BCUT2D eigenvalue weighted by Gasteiger charge is -2.35. The topological polar surface area (TPSA) is 44.7 Å². The summed E-state index contributed by atoms with van der Waals surface area (Å²) < 4.78 is 5.29. The Kier molecular flexibility index (Phi) is 5.23. The zero-order valence-corrected chi connectivity index (χ0v) is 12.7. The summed E-state index contributed by atoms with van der Waals surface area (Å²) in [6.45, 7) is 6.57. The van der Waals surface area contributed by atoms with Crippen LogP contribution in [-0.2, 0) is 4.74 Å². The van der Waals surface area contributed by atoms with Gasteiger partial charge in [0.15, 0.2) is 0 Å².